The van der Waals surface area contributed by atoms with E-state index in [-0.39, 0.29) is 0 Å². The Kier molecular flexibility index (Phi) is 4.40. The van der Waals surface area contributed by atoms with Crippen LogP contribution in [0.1, 0.15) is 0 Å². The van der Waals surface area contributed by atoms with E-state index in [1.807, 2.05) is 78.9 Å². The minimum Gasteiger partial charge on any atom is -0.457 e. The maximum absolute atomic E-state index is 5.80. The lowest BCUT2D eigenvalue weighted by molar-refractivity contribution is 0.469. The van der Waals surface area contributed by atoms with Gasteiger partial charge in [0.25, 0.3) is 0 Å². The van der Waals surface area contributed by atoms with Crippen LogP contribution in [0.2, 0.25) is 0 Å². The van der Waals surface area contributed by atoms with E-state index in [1.165, 1.54) is 0 Å². The van der Waals surface area contributed by atoms with E-state index >= 15 is 0 Å². The molecule has 0 bridgehead atoms. The molecule has 0 fully saturated rings. The van der Waals surface area contributed by atoms with Gasteiger partial charge >= 0.3 is 0 Å². The van der Waals surface area contributed by atoms with Crippen LogP contribution in [-0.2, 0) is 0 Å². The molecule has 3 aromatic rings. The van der Waals surface area contributed by atoms with Gasteiger partial charge in [0.2, 0.25) is 0 Å². The van der Waals surface area contributed by atoms with Gasteiger partial charge in [-0.15, -0.1) is 0 Å². The van der Waals surface area contributed by atoms with Crippen molar-refractivity contribution in [2.24, 2.45) is 0 Å². The van der Waals surface area contributed by atoms with Crippen LogP contribution in [0.25, 0.3) is 0 Å². The minimum atomic E-state index is 0.788. The summed E-state index contributed by atoms with van der Waals surface area (Å²) >= 11 is 2.27. The van der Waals surface area contributed by atoms with Crippen LogP contribution in [-0.4, -0.2) is 0 Å². The zero-order valence-corrected chi connectivity index (χ0v) is 13.4. The van der Waals surface area contributed by atoms with Crippen molar-refractivity contribution in [3.05, 3.63) is 82.4 Å². The van der Waals surface area contributed by atoms with Gasteiger partial charge in [-0.3, -0.25) is 0 Å². The molecule has 0 aliphatic rings. The van der Waals surface area contributed by atoms with Gasteiger partial charge in [0, 0.05) is 3.57 Å². The van der Waals surface area contributed by atoms with E-state index in [0.717, 1.165) is 26.6 Å². The molecule has 3 heteroatoms. The molecular weight excluding hydrogens is 375 g/mol. The SMILES string of the molecule is Ic1cccc(Oc2ccc(Oc3ccccc3)cc2)c1. The molecule has 0 unspecified atom stereocenters. The minimum absolute atomic E-state index is 0.788. The maximum atomic E-state index is 5.80. The predicted octanol–water partition coefficient (Wildman–Crippen LogP) is 5.88. The normalized spacial score (nSPS) is 10.1. The molecule has 0 atom stereocenters. The van der Waals surface area contributed by atoms with E-state index < -0.39 is 0 Å². The lowest BCUT2D eigenvalue weighted by Crippen LogP contribution is -1.86. The molecule has 0 saturated carbocycles. The molecule has 0 N–H and O–H groups in total. The standard InChI is InChI=1S/C18H13IO2/c19-14-5-4-8-18(13-14)21-17-11-9-16(10-12-17)20-15-6-2-1-3-7-15/h1-13H. The number of benzene rings is 3. The molecule has 3 rings (SSSR count). The van der Waals surface area contributed by atoms with E-state index in [1.54, 1.807) is 0 Å². The zero-order chi connectivity index (χ0) is 14.5. The second-order valence-electron chi connectivity index (χ2n) is 4.45. The first kappa shape index (κ1) is 13.9. The lowest BCUT2D eigenvalue weighted by atomic mass is 10.3. The summed E-state index contributed by atoms with van der Waals surface area (Å²) in [6, 6.07) is 25.3. The van der Waals surface area contributed by atoms with Crippen LogP contribution >= 0.6 is 22.6 Å². The second kappa shape index (κ2) is 6.63. The number of para-hydroxylation sites is 1. The highest BCUT2D eigenvalue weighted by Gasteiger charge is 2.00. The van der Waals surface area contributed by atoms with Gasteiger partial charge in [0.1, 0.15) is 23.0 Å². The molecule has 0 heterocycles. The topological polar surface area (TPSA) is 18.5 Å². The van der Waals surface area contributed by atoms with E-state index in [2.05, 4.69) is 22.6 Å². The highest BCUT2D eigenvalue weighted by Crippen LogP contribution is 2.27. The largest absolute Gasteiger partial charge is 0.457 e. The average molecular weight is 388 g/mol. The molecule has 0 aliphatic heterocycles. The highest BCUT2D eigenvalue weighted by atomic mass is 127. The highest BCUT2D eigenvalue weighted by molar-refractivity contribution is 14.1. The Labute approximate surface area is 137 Å². The van der Waals surface area contributed by atoms with Gasteiger partial charge < -0.3 is 9.47 Å². The van der Waals surface area contributed by atoms with Crippen LogP contribution in [0.3, 0.4) is 0 Å². The Morgan fingerprint density at radius 3 is 1.67 bits per heavy atom. The fourth-order valence-electron chi connectivity index (χ4n) is 1.87. The van der Waals surface area contributed by atoms with Gasteiger partial charge in [-0.2, -0.15) is 0 Å². The number of hydrogen-bond donors (Lipinski definition) is 0. The Hall–Kier alpha value is -2.01. The van der Waals surface area contributed by atoms with Crippen molar-refractivity contribution in [2.75, 3.05) is 0 Å². The summed E-state index contributed by atoms with van der Waals surface area (Å²) < 4.78 is 12.7. The quantitative estimate of drug-likeness (QED) is 0.520. The average Bonchev–Trinajstić information content (AvgIpc) is 2.50. The van der Waals surface area contributed by atoms with Gasteiger partial charge in [0.15, 0.2) is 0 Å². The summed E-state index contributed by atoms with van der Waals surface area (Å²) in [5.74, 6) is 3.23. The Morgan fingerprint density at radius 2 is 1.05 bits per heavy atom. The van der Waals surface area contributed by atoms with Crippen LogP contribution in [0.15, 0.2) is 78.9 Å². The van der Waals surface area contributed by atoms with Crippen molar-refractivity contribution in [1.29, 1.82) is 0 Å². The van der Waals surface area contributed by atoms with E-state index in [4.69, 9.17) is 9.47 Å². The fourth-order valence-corrected chi connectivity index (χ4v) is 2.38. The first-order valence-electron chi connectivity index (χ1n) is 6.56. The summed E-state index contributed by atoms with van der Waals surface area (Å²) in [5.41, 5.74) is 0. The third-order valence-corrected chi connectivity index (χ3v) is 3.51. The molecule has 104 valence electrons. The van der Waals surface area contributed by atoms with Crippen molar-refractivity contribution < 1.29 is 9.47 Å². The summed E-state index contributed by atoms with van der Waals surface area (Å²) in [6.45, 7) is 0. The number of rotatable bonds is 4. The Bertz CT molecular complexity index is 709. The van der Waals surface area contributed by atoms with Crippen molar-refractivity contribution in [3.8, 4) is 23.0 Å². The van der Waals surface area contributed by atoms with Crippen molar-refractivity contribution in [1.82, 2.24) is 0 Å². The molecule has 0 aliphatic carbocycles. The monoisotopic (exact) mass is 388 g/mol. The third-order valence-electron chi connectivity index (χ3n) is 2.83. The van der Waals surface area contributed by atoms with Crippen LogP contribution in [0.4, 0.5) is 0 Å². The molecule has 0 aromatic heterocycles. The van der Waals surface area contributed by atoms with Gasteiger partial charge in [-0.05, 0) is 77.2 Å². The van der Waals surface area contributed by atoms with Gasteiger partial charge in [-0.25, -0.2) is 0 Å². The molecule has 3 aromatic carbocycles. The van der Waals surface area contributed by atoms with Crippen molar-refractivity contribution in [2.45, 2.75) is 0 Å². The molecule has 0 amide bonds. The van der Waals surface area contributed by atoms with E-state index in [0.29, 0.717) is 0 Å². The summed E-state index contributed by atoms with van der Waals surface area (Å²) in [4.78, 5) is 0. The summed E-state index contributed by atoms with van der Waals surface area (Å²) in [5, 5.41) is 0. The predicted molar refractivity (Wildman–Crippen MR) is 92.2 cm³/mol. The Balaban J connectivity index is 1.69. The van der Waals surface area contributed by atoms with Crippen molar-refractivity contribution in [3.63, 3.8) is 0 Å². The molecule has 0 spiro atoms. The molecule has 0 saturated heterocycles. The maximum Gasteiger partial charge on any atom is 0.128 e. The fraction of sp³-hybridized carbons (Fsp3) is 0. The zero-order valence-electron chi connectivity index (χ0n) is 11.2. The molecule has 21 heavy (non-hydrogen) atoms. The van der Waals surface area contributed by atoms with Crippen molar-refractivity contribution >= 4 is 22.6 Å². The third kappa shape index (κ3) is 3.98. The number of hydrogen-bond acceptors (Lipinski definition) is 2. The Morgan fingerprint density at radius 1 is 0.524 bits per heavy atom. The first-order valence-corrected chi connectivity index (χ1v) is 7.64. The second-order valence-corrected chi connectivity index (χ2v) is 5.69. The van der Waals surface area contributed by atoms with Gasteiger partial charge in [-0.1, -0.05) is 24.3 Å². The van der Waals surface area contributed by atoms with Crippen LogP contribution in [0, 0.1) is 3.57 Å². The molecule has 2 nitrogen and oxygen atoms in total. The number of halogens is 1. The molecule has 0 radical (unpaired) electrons. The van der Waals surface area contributed by atoms with Gasteiger partial charge in [0.05, 0.1) is 0 Å². The number of ether oxygens (including phenoxy) is 2. The van der Waals surface area contributed by atoms with Crippen LogP contribution in [0.5, 0.6) is 23.0 Å². The molecular formula is C18H13IO2. The first-order chi connectivity index (χ1) is 10.3. The summed E-state index contributed by atoms with van der Waals surface area (Å²) in [7, 11) is 0. The smallest absolute Gasteiger partial charge is 0.128 e. The summed E-state index contributed by atoms with van der Waals surface area (Å²) in [6.07, 6.45) is 0. The lowest BCUT2D eigenvalue weighted by Gasteiger charge is -2.08. The van der Waals surface area contributed by atoms with Crippen LogP contribution < -0.4 is 9.47 Å². The van der Waals surface area contributed by atoms with E-state index in [9.17, 15) is 0 Å².